The van der Waals surface area contributed by atoms with Crippen LogP contribution in [0.1, 0.15) is 12.8 Å². The van der Waals surface area contributed by atoms with Gasteiger partial charge in [0.15, 0.2) is 0 Å². The van der Waals surface area contributed by atoms with Crippen molar-refractivity contribution in [3.8, 4) is 0 Å². The van der Waals surface area contributed by atoms with E-state index in [2.05, 4.69) is 15.9 Å². The van der Waals surface area contributed by atoms with Crippen LogP contribution >= 0.6 is 23.1 Å². The first-order valence-electron chi connectivity index (χ1n) is 3.80. The second kappa shape index (κ2) is 3.59. The van der Waals surface area contributed by atoms with Gasteiger partial charge in [0.05, 0.1) is 6.10 Å². The molecule has 1 fully saturated rings. The van der Waals surface area contributed by atoms with Gasteiger partial charge in [-0.2, -0.15) is 0 Å². The Morgan fingerprint density at radius 3 is 2.45 bits per heavy atom. The summed E-state index contributed by atoms with van der Waals surface area (Å²) in [6, 6.07) is 0. The summed E-state index contributed by atoms with van der Waals surface area (Å²) in [5, 5.41) is 0.865. The average Bonchev–Trinajstić information content (AvgIpc) is 2.32. The molecule has 66 valence electrons. The van der Waals surface area contributed by atoms with Crippen LogP contribution in [0.5, 0.6) is 0 Å². The summed E-state index contributed by atoms with van der Waals surface area (Å²) in [6.45, 7) is 3.60. The summed E-state index contributed by atoms with van der Waals surface area (Å²) < 4.78 is 17.1. The summed E-state index contributed by atoms with van der Waals surface area (Å²) in [5.74, 6) is 0.0186. The van der Waals surface area contributed by atoms with Gasteiger partial charge in [-0.3, -0.25) is 0 Å². The van der Waals surface area contributed by atoms with Gasteiger partial charge in [-0.25, -0.2) is 0 Å². The fourth-order valence-corrected chi connectivity index (χ4v) is 2.97. The molecule has 0 aliphatic carbocycles. The van der Waals surface area contributed by atoms with E-state index < -0.39 is 7.14 Å². The van der Waals surface area contributed by atoms with Crippen LogP contribution in [0.25, 0.3) is 0 Å². The second-order valence-corrected chi connectivity index (χ2v) is 7.47. The molecule has 0 bridgehead atoms. The molecule has 2 nitrogen and oxygen atoms in total. The lowest BCUT2D eigenvalue weighted by Gasteiger charge is -2.15. The van der Waals surface area contributed by atoms with Crippen LogP contribution in [-0.2, 0) is 9.30 Å². The quantitative estimate of drug-likeness (QED) is 0.548. The molecule has 1 aliphatic rings. The minimum absolute atomic E-state index is 0.0186. The lowest BCUT2D eigenvalue weighted by atomic mass is 10.3. The van der Waals surface area contributed by atoms with Gasteiger partial charge in [-0.05, 0) is 26.2 Å². The van der Waals surface area contributed by atoms with E-state index in [9.17, 15) is 4.57 Å². The molecule has 0 aromatic heterocycles. The smallest absolute Gasteiger partial charge is 0.110 e. The summed E-state index contributed by atoms with van der Waals surface area (Å²) in [5.41, 5.74) is 0. The van der Waals surface area contributed by atoms with Crippen LogP contribution in [0.2, 0.25) is 0 Å². The first-order chi connectivity index (χ1) is 5.04. The molecule has 0 N–H and O–H groups in total. The largest absolute Gasteiger partial charge is 0.366 e. The molecule has 0 saturated carbocycles. The van der Waals surface area contributed by atoms with Gasteiger partial charge >= 0.3 is 0 Å². The van der Waals surface area contributed by atoms with E-state index >= 15 is 0 Å². The average molecular weight is 241 g/mol. The molecule has 2 atom stereocenters. The maximum absolute atomic E-state index is 11.5. The summed E-state index contributed by atoms with van der Waals surface area (Å²) in [4.78, 5) is 0. The molecule has 1 unspecified atom stereocenters. The lowest BCUT2D eigenvalue weighted by Crippen LogP contribution is -2.11. The number of alkyl halides is 1. The minimum Gasteiger partial charge on any atom is -0.366 e. The zero-order valence-corrected chi connectivity index (χ0v) is 9.40. The zero-order valence-electron chi connectivity index (χ0n) is 6.92. The highest BCUT2D eigenvalue weighted by molar-refractivity contribution is 9.09. The van der Waals surface area contributed by atoms with Crippen LogP contribution in [-0.4, -0.2) is 30.6 Å². The Kier molecular flexibility index (Phi) is 3.18. The van der Waals surface area contributed by atoms with Crippen molar-refractivity contribution in [3.05, 3.63) is 0 Å². The Morgan fingerprint density at radius 2 is 2.18 bits per heavy atom. The van der Waals surface area contributed by atoms with E-state index in [1.54, 1.807) is 13.3 Å². The number of ether oxygens (including phenoxy) is 1. The normalized spacial score (nSPS) is 32.6. The number of hydrogen-bond acceptors (Lipinski definition) is 2. The van der Waals surface area contributed by atoms with E-state index in [1.807, 2.05) is 0 Å². The van der Waals surface area contributed by atoms with Crippen LogP contribution in [0.15, 0.2) is 0 Å². The Morgan fingerprint density at radius 1 is 1.55 bits per heavy atom. The van der Waals surface area contributed by atoms with Crippen LogP contribution in [0.3, 0.4) is 0 Å². The fraction of sp³-hybridized carbons (Fsp3) is 1.00. The number of halogens is 1. The van der Waals surface area contributed by atoms with Gasteiger partial charge < -0.3 is 9.30 Å². The Labute approximate surface area is 76.2 Å². The highest BCUT2D eigenvalue weighted by atomic mass is 79.9. The van der Waals surface area contributed by atoms with Crippen molar-refractivity contribution < 1.29 is 9.30 Å². The standard InChI is InChI=1S/C7H14BrO2P/c1-11(2,9)7-4-3-6(5-8)10-7/h6-7H,3-5H2,1-2H3/t6-,7?/m1/s1. The number of rotatable bonds is 2. The summed E-state index contributed by atoms with van der Waals surface area (Å²) >= 11 is 3.36. The van der Waals surface area contributed by atoms with E-state index in [4.69, 9.17) is 4.74 Å². The number of hydrogen-bond donors (Lipinski definition) is 0. The molecule has 0 aromatic rings. The topological polar surface area (TPSA) is 26.3 Å². The molecule has 1 saturated heterocycles. The molecule has 0 aromatic carbocycles. The van der Waals surface area contributed by atoms with Gasteiger partial charge in [0, 0.05) is 5.33 Å². The summed E-state index contributed by atoms with van der Waals surface area (Å²) in [7, 11) is -2.01. The Hall–Kier alpha value is 0.670. The molecular formula is C7H14BrO2P. The van der Waals surface area contributed by atoms with Gasteiger partial charge in [-0.1, -0.05) is 15.9 Å². The molecule has 1 rings (SSSR count). The molecular weight excluding hydrogens is 227 g/mol. The van der Waals surface area contributed by atoms with Gasteiger partial charge in [0.25, 0.3) is 0 Å². The maximum Gasteiger partial charge on any atom is 0.110 e. The summed E-state index contributed by atoms with van der Waals surface area (Å²) in [6.07, 6.45) is 2.29. The fourth-order valence-electron chi connectivity index (χ4n) is 1.26. The molecule has 0 amide bonds. The predicted molar refractivity (Wildman–Crippen MR) is 51.1 cm³/mol. The predicted octanol–water partition coefficient (Wildman–Crippen LogP) is 2.51. The van der Waals surface area contributed by atoms with Crippen molar-refractivity contribution in [3.63, 3.8) is 0 Å². The lowest BCUT2D eigenvalue weighted by molar-refractivity contribution is 0.103. The minimum atomic E-state index is -2.01. The molecule has 0 radical (unpaired) electrons. The van der Waals surface area contributed by atoms with Crippen molar-refractivity contribution in [2.24, 2.45) is 0 Å². The van der Waals surface area contributed by atoms with Gasteiger partial charge in [0.1, 0.15) is 13.0 Å². The van der Waals surface area contributed by atoms with Crippen molar-refractivity contribution in [1.29, 1.82) is 0 Å². The van der Waals surface area contributed by atoms with Crippen molar-refractivity contribution in [2.75, 3.05) is 18.7 Å². The van der Waals surface area contributed by atoms with Crippen molar-refractivity contribution >= 4 is 23.1 Å². The molecule has 11 heavy (non-hydrogen) atoms. The monoisotopic (exact) mass is 240 g/mol. The first-order valence-corrected chi connectivity index (χ1v) is 7.59. The maximum atomic E-state index is 11.5. The first kappa shape index (κ1) is 9.76. The van der Waals surface area contributed by atoms with Crippen molar-refractivity contribution in [2.45, 2.75) is 24.8 Å². The highest BCUT2D eigenvalue weighted by Gasteiger charge is 2.32. The SMILES string of the molecule is CP(C)(=O)C1CC[C@H](CBr)O1. The van der Waals surface area contributed by atoms with Crippen LogP contribution in [0.4, 0.5) is 0 Å². The van der Waals surface area contributed by atoms with E-state index in [0.717, 1.165) is 18.2 Å². The molecule has 1 aliphatic heterocycles. The van der Waals surface area contributed by atoms with Gasteiger partial charge in [-0.15, -0.1) is 0 Å². The third-order valence-corrected chi connectivity index (χ3v) is 4.44. The molecule has 0 spiro atoms. The van der Waals surface area contributed by atoms with E-state index in [-0.39, 0.29) is 11.9 Å². The molecule has 4 heteroatoms. The highest BCUT2D eigenvalue weighted by Crippen LogP contribution is 2.48. The van der Waals surface area contributed by atoms with Gasteiger partial charge in [0.2, 0.25) is 0 Å². The van der Waals surface area contributed by atoms with E-state index in [0.29, 0.717) is 0 Å². The zero-order chi connectivity index (χ0) is 8.48. The van der Waals surface area contributed by atoms with E-state index in [1.165, 1.54) is 0 Å². The van der Waals surface area contributed by atoms with Crippen LogP contribution < -0.4 is 0 Å². The Bertz CT molecular complexity index is 177. The van der Waals surface area contributed by atoms with Crippen molar-refractivity contribution in [1.82, 2.24) is 0 Å². The third-order valence-electron chi connectivity index (χ3n) is 1.95. The molecule has 1 heterocycles. The Balaban J connectivity index is 2.48. The third kappa shape index (κ3) is 2.57. The van der Waals surface area contributed by atoms with Crippen LogP contribution in [0, 0.1) is 0 Å². The second-order valence-electron chi connectivity index (χ2n) is 3.38.